The van der Waals surface area contributed by atoms with Crippen molar-refractivity contribution in [1.82, 2.24) is 4.90 Å². The van der Waals surface area contributed by atoms with E-state index in [1.165, 1.54) is 16.0 Å². The number of thiocarbonyl (C=S) groups is 1. The highest BCUT2D eigenvalue weighted by Gasteiger charge is 2.14. The zero-order valence-electron chi connectivity index (χ0n) is 19.2. The number of hydrogen-bond donors (Lipinski definition) is 2. The number of hydrogen-bond acceptors (Lipinski definition) is 3. The van der Waals surface area contributed by atoms with Crippen LogP contribution in [0.15, 0.2) is 36.4 Å². The fourth-order valence-electron chi connectivity index (χ4n) is 3.43. The van der Waals surface area contributed by atoms with Gasteiger partial charge in [-0.3, -0.25) is 0 Å². The lowest BCUT2D eigenvalue weighted by molar-refractivity contribution is -0.858. The molecule has 0 saturated carbocycles. The van der Waals surface area contributed by atoms with Crippen LogP contribution >= 0.6 is 12.2 Å². The number of methoxy groups -OCH3 is 1. The lowest BCUT2D eigenvalue weighted by Gasteiger charge is -2.27. The van der Waals surface area contributed by atoms with E-state index in [4.69, 9.17) is 21.7 Å². The summed E-state index contributed by atoms with van der Waals surface area (Å²) in [6, 6.07) is 12.5. The van der Waals surface area contributed by atoms with Crippen LogP contribution in [0.4, 0.5) is 5.69 Å². The van der Waals surface area contributed by atoms with Crippen molar-refractivity contribution in [2.45, 2.75) is 33.7 Å². The maximum atomic E-state index is 5.80. The average molecular weight is 431 g/mol. The summed E-state index contributed by atoms with van der Waals surface area (Å²) in [5, 5.41) is 4.17. The molecule has 0 fully saturated rings. The van der Waals surface area contributed by atoms with Crippen molar-refractivity contribution < 1.29 is 14.4 Å². The Kier molecular flexibility index (Phi) is 9.40. The molecular weight excluding hydrogens is 394 g/mol. The normalized spacial score (nSPS) is 10.8. The molecule has 0 aromatic heterocycles. The summed E-state index contributed by atoms with van der Waals surface area (Å²) in [6.07, 6.45) is 1.06. The molecule has 0 radical (unpaired) electrons. The van der Waals surface area contributed by atoms with E-state index < -0.39 is 0 Å². The Bertz CT molecular complexity index is 819. The molecule has 30 heavy (non-hydrogen) atoms. The molecule has 2 aromatic rings. The van der Waals surface area contributed by atoms with Crippen LogP contribution in [0.5, 0.6) is 11.5 Å². The molecule has 0 spiro atoms. The lowest BCUT2D eigenvalue weighted by atomic mass is 10.1. The topological polar surface area (TPSA) is 38.2 Å². The van der Waals surface area contributed by atoms with E-state index in [1.807, 2.05) is 19.1 Å². The second kappa shape index (κ2) is 11.8. The lowest BCUT2D eigenvalue weighted by Crippen LogP contribution is -3.05. The van der Waals surface area contributed by atoms with Gasteiger partial charge in [0.15, 0.2) is 16.6 Å². The zero-order valence-corrected chi connectivity index (χ0v) is 20.0. The molecule has 5 nitrogen and oxygen atoms in total. The monoisotopic (exact) mass is 430 g/mol. The van der Waals surface area contributed by atoms with Crippen molar-refractivity contribution in [3.05, 3.63) is 53.1 Å². The molecular formula is C24H36N3O2S+. The van der Waals surface area contributed by atoms with Gasteiger partial charge in [0.05, 0.1) is 34.4 Å². The van der Waals surface area contributed by atoms with E-state index in [0.29, 0.717) is 13.2 Å². The summed E-state index contributed by atoms with van der Waals surface area (Å²) in [6.45, 7) is 9.47. The van der Waals surface area contributed by atoms with E-state index in [1.54, 1.807) is 7.11 Å². The minimum absolute atomic E-state index is 0.610. The Balaban J connectivity index is 2.18. The van der Waals surface area contributed by atoms with Crippen molar-refractivity contribution in [1.29, 1.82) is 0 Å². The first-order valence-electron chi connectivity index (χ1n) is 10.5. The van der Waals surface area contributed by atoms with Gasteiger partial charge in [0.2, 0.25) is 0 Å². The molecule has 0 bridgehead atoms. The SMILES string of the molecule is CCOc1ccc(CN(CCC[NH+](C)C)C(=S)Nc2cc(C)cc(C)c2)cc1OC. The van der Waals surface area contributed by atoms with E-state index in [9.17, 15) is 0 Å². The van der Waals surface area contributed by atoms with Crippen molar-refractivity contribution in [3.63, 3.8) is 0 Å². The van der Waals surface area contributed by atoms with Crippen LogP contribution in [0.3, 0.4) is 0 Å². The van der Waals surface area contributed by atoms with Crippen LogP contribution in [-0.4, -0.2) is 50.9 Å². The maximum absolute atomic E-state index is 5.80. The molecule has 164 valence electrons. The van der Waals surface area contributed by atoms with Crippen LogP contribution in [0.1, 0.15) is 30.0 Å². The first-order valence-corrected chi connectivity index (χ1v) is 11.0. The standard InChI is InChI=1S/C24H35N3O2S/c1-7-29-22-10-9-20(16-23(22)28-6)17-27(12-8-11-26(4)5)24(30)25-21-14-18(2)13-19(3)15-21/h9-10,13-16H,7-8,11-12,17H2,1-6H3,(H,25,30)/p+1. The second-order valence-corrected chi connectivity index (χ2v) is 8.34. The van der Waals surface area contributed by atoms with E-state index >= 15 is 0 Å². The average Bonchev–Trinajstić information content (AvgIpc) is 2.67. The van der Waals surface area contributed by atoms with Crippen molar-refractivity contribution in [3.8, 4) is 11.5 Å². The molecule has 0 amide bonds. The predicted molar refractivity (Wildman–Crippen MR) is 129 cm³/mol. The molecule has 2 N–H and O–H groups in total. The number of rotatable bonds is 10. The minimum atomic E-state index is 0.610. The number of quaternary nitrogens is 1. The Labute approximate surface area is 187 Å². The molecule has 2 aromatic carbocycles. The predicted octanol–water partition coefficient (Wildman–Crippen LogP) is 3.44. The number of benzene rings is 2. The van der Waals surface area contributed by atoms with Gasteiger partial charge in [0, 0.05) is 25.2 Å². The molecule has 0 aliphatic heterocycles. The molecule has 6 heteroatoms. The van der Waals surface area contributed by atoms with E-state index in [0.717, 1.165) is 47.4 Å². The number of aryl methyl sites for hydroxylation is 2. The van der Waals surface area contributed by atoms with Gasteiger partial charge in [0.25, 0.3) is 0 Å². The van der Waals surface area contributed by atoms with E-state index in [-0.39, 0.29) is 0 Å². The van der Waals surface area contributed by atoms with Gasteiger partial charge >= 0.3 is 0 Å². The van der Waals surface area contributed by atoms with Crippen LogP contribution in [-0.2, 0) is 6.54 Å². The zero-order chi connectivity index (χ0) is 22.1. The van der Waals surface area contributed by atoms with E-state index in [2.05, 4.69) is 62.4 Å². The maximum Gasteiger partial charge on any atom is 0.173 e. The highest BCUT2D eigenvalue weighted by molar-refractivity contribution is 7.80. The molecule has 0 heterocycles. The van der Waals surface area contributed by atoms with Gasteiger partial charge in [-0.15, -0.1) is 0 Å². The minimum Gasteiger partial charge on any atom is -0.493 e. The Morgan fingerprint density at radius 3 is 2.37 bits per heavy atom. The Morgan fingerprint density at radius 1 is 1.07 bits per heavy atom. The molecule has 2 rings (SSSR count). The third-order valence-electron chi connectivity index (χ3n) is 4.77. The Hall–Kier alpha value is -2.31. The summed E-state index contributed by atoms with van der Waals surface area (Å²) >= 11 is 5.80. The molecule has 0 atom stereocenters. The van der Waals surface area contributed by atoms with Gasteiger partial charge in [-0.25, -0.2) is 0 Å². The number of anilines is 1. The summed E-state index contributed by atoms with van der Waals surface area (Å²) < 4.78 is 11.2. The first kappa shape index (κ1) is 24.0. The molecule has 0 aliphatic carbocycles. The highest BCUT2D eigenvalue weighted by Crippen LogP contribution is 2.28. The van der Waals surface area contributed by atoms with Gasteiger partial charge in [0.1, 0.15) is 0 Å². The number of nitrogens with zero attached hydrogens (tertiary/aromatic N) is 1. The molecule has 0 unspecified atom stereocenters. The highest BCUT2D eigenvalue weighted by atomic mass is 32.1. The molecule has 0 saturated heterocycles. The van der Waals surface area contributed by atoms with Crippen LogP contribution in [0, 0.1) is 13.8 Å². The largest absolute Gasteiger partial charge is 0.493 e. The summed E-state index contributed by atoms with van der Waals surface area (Å²) in [7, 11) is 6.02. The van der Waals surface area contributed by atoms with Crippen molar-refractivity contribution in [2.75, 3.05) is 46.2 Å². The fourth-order valence-corrected chi connectivity index (χ4v) is 3.70. The number of ether oxygens (including phenoxy) is 2. The summed E-state index contributed by atoms with van der Waals surface area (Å²) in [4.78, 5) is 3.66. The van der Waals surface area contributed by atoms with Crippen LogP contribution in [0.25, 0.3) is 0 Å². The smallest absolute Gasteiger partial charge is 0.173 e. The van der Waals surface area contributed by atoms with Crippen LogP contribution in [0.2, 0.25) is 0 Å². The number of nitrogens with one attached hydrogen (secondary N) is 2. The quantitative estimate of drug-likeness (QED) is 0.565. The second-order valence-electron chi connectivity index (χ2n) is 7.96. The first-order chi connectivity index (χ1) is 14.3. The molecule has 0 aliphatic rings. The van der Waals surface area contributed by atoms with Crippen LogP contribution < -0.4 is 19.7 Å². The Morgan fingerprint density at radius 2 is 1.77 bits per heavy atom. The van der Waals surface area contributed by atoms with Gasteiger partial charge in [-0.05, 0) is 73.9 Å². The van der Waals surface area contributed by atoms with Gasteiger partial charge in [-0.2, -0.15) is 0 Å². The van der Waals surface area contributed by atoms with Gasteiger partial charge in [-0.1, -0.05) is 12.1 Å². The third-order valence-corrected chi connectivity index (χ3v) is 5.13. The fraction of sp³-hybridized carbons (Fsp3) is 0.458. The summed E-state index contributed by atoms with van der Waals surface area (Å²) in [5.41, 5.74) is 4.61. The third kappa shape index (κ3) is 7.50. The summed E-state index contributed by atoms with van der Waals surface area (Å²) in [5.74, 6) is 1.52. The van der Waals surface area contributed by atoms with Crippen molar-refractivity contribution >= 4 is 23.0 Å². The van der Waals surface area contributed by atoms with Crippen molar-refractivity contribution in [2.24, 2.45) is 0 Å². The van der Waals surface area contributed by atoms with Gasteiger partial charge < -0.3 is 24.6 Å².